The number of likely N-dealkylation sites (tertiary alicyclic amines) is 1. The van der Waals surface area contributed by atoms with Crippen LogP contribution in [0.3, 0.4) is 0 Å². The zero-order valence-corrected chi connectivity index (χ0v) is 16.2. The van der Waals surface area contributed by atoms with E-state index < -0.39 is 42.1 Å². The monoisotopic (exact) mass is 409 g/mol. The number of carboxylic acid groups (broad SMARTS) is 1. The average molecular weight is 409 g/mol. The first-order valence-electron chi connectivity index (χ1n) is 10.6. The Hall–Kier alpha value is -1.55. The lowest BCUT2D eigenvalue weighted by atomic mass is 9.69. The molecule has 8 nitrogen and oxygen atoms in total. The van der Waals surface area contributed by atoms with E-state index in [1.807, 2.05) is 9.80 Å². The van der Waals surface area contributed by atoms with Crippen molar-refractivity contribution in [2.24, 2.45) is 11.7 Å². The number of nitrogens with two attached hydrogens (primary N) is 1. The molecule has 2 saturated carbocycles. The molecule has 0 spiro atoms. The van der Waals surface area contributed by atoms with Gasteiger partial charge in [0.2, 0.25) is 0 Å². The Morgan fingerprint density at radius 1 is 1.24 bits per heavy atom. The summed E-state index contributed by atoms with van der Waals surface area (Å²) in [6.45, 7) is 1.27. The van der Waals surface area contributed by atoms with Crippen LogP contribution in [-0.2, 0) is 14.3 Å². The van der Waals surface area contributed by atoms with Gasteiger partial charge in [0.15, 0.2) is 5.78 Å². The third kappa shape index (κ3) is 3.01. The third-order valence-electron chi connectivity index (χ3n) is 7.51. The molecule has 2 aliphatic carbocycles. The van der Waals surface area contributed by atoms with Crippen LogP contribution in [-0.4, -0.2) is 93.5 Å². The average Bonchev–Trinajstić information content (AvgIpc) is 3.08. The number of nitrogens with zero attached hydrogens (tertiary/aromatic N) is 2. The number of carboxylic acids is 1. The molecule has 2 saturated heterocycles. The van der Waals surface area contributed by atoms with Gasteiger partial charge in [-0.2, -0.15) is 0 Å². The van der Waals surface area contributed by atoms with Crippen LogP contribution in [0.2, 0.25) is 0 Å². The number of aliphatic hydroxyl groups excluding tert-OH is 1. The number of halogens is 1. The van der Waals surface area contributed by atoms with Gasteiger partial charge in [-0.1, -0.05) is 0 Å². The Balaban J connectivity index is 1.55. The summed E-state index contributed by atoms with van der Waals surface area (Å²) in [5, 5.41) is 19.7. The van der Waals surface area contributed by atoms with Crippen molar-refractivity contribution in [2.45, 2.75) is 80.8 Å². The van der Waals surface area contributed by atoms with Crippen molar-refractivity contribution >= 4 is 11.8 Å². The second kappa shape index (κ2) is 7.01. The van der Waals surface area contributed by atoms with E-state index in [0.29, 0.717) is 32.4 Å². The molecule has 5 aliphatic rings. The zero-order chi connectivity index (χ0) is 20.4. The number of hydrogen-bond donors (Lipinski definition) is 3. The molecule has 3 heterocycles. The molecule has 160 valence electrons. The van der Waals surface area contributed by atoms with Crippen molar-refractivity contribution in [1.29, 1.82) is 0 Å². The van der Waals surface area contributed by atoms with E-state index in [0.717, 1.165) is 6.42 Å². The van der Waals surface area contributed by atoms with Crippen LogP contribution in [0.4, 0.5) is 4.39 Å². The van der Waals surface area contributed by atoms with Gasteiger partial charge in [-0.15, -0.1) is 0 Å². The van der Waals surface area contributed by atoms with E-state index in [1.54, 1.807) is 0 Å². The molecule has 3 aliphatic heterocycles. The molecule has 0 bridgehead atoms. The Morgan fingerprint density at radius 3 is 2.72 bits per heavy atom. The molecule has 4 fully saturated rings. The number of rotatable bonds is 2. The summed E-state index contributed by atoms with van der Waals surface area (Å²) in [6.07, 6.45) is 1.28. The number of Topliss-reactive ketones (excluding diaryl/α,β-unsaturated/α-hetero) is 1. The summed E-state index contributed by atoms with van der Waals surface area (Å²) >= 11 is 0. The number of morpholine rings is 1. The van der Waals surface area contributed by atoms with E-state index >= 15 is 4.39 Å². The van der Waals surface area contributed by atoms with Crippen LogP contribution in [0.5, 0.6) is 0 Å². The van der Waals surface area contributed by atoms with Gasteiger partial charge in [-0.05, 0) is 25.7 Å². The highest BCUT2D eigenvalue weighted by atomic mass is 19.1. The number of ketones is 1. The summed E-state index contributed by atoms with van der Waals surface area (Å²) in [5.74, 6) is -2.50. The van der Waals surface area contributed by atoms with Gasteiger partial charge < -0.3 is 25.6 Å². The van der Waals surface area contributed by atoms with Gasteiger partial charge in [-0.25, -0.2) is 9.18 Å². The highest BCUT2D eigenvalue weighted by molar-refractivity contribution is 6.18. The standard InChI is InChI=1S/C20H28FN3O5/c21-13-6-11-16-19(17(13)23-4-3-9(22)7-23)29-15-5-10(25)1-2-14(15)24(16)8-12(18(11)26)20(27)28/h8-11,13-17,19,25H,1-7,22H2,(H,27,28)/t9-,10?,11?,13?,14?,15?,16?,17?,19?/m0/s1. The maximum Gasteiger partial charge on any atom is 0.340 e. The Labute approximate surface area is 168 Å². The molecule has 0 radical (unpaired) electrons. The zero-order valence-electron chi connectivity index (χ0n) is 16.2. The quantitative estimate of drug-likeness (QED) is 0.530. The van der Waals surface area contributed by atoms with E-state index in [1.165, 1.54) is 6.20 Å². The molecule has 9 atom stereocenters. The minimum Gasteiger partial charge on any atom is -0.478 e. The lowest BCUT2D eigenvalue weighted by molar-refractivity contribution is -0.217. The molecule has 8 unspecified atom stereocenters. The Morgan fingerprint density at radius 2 is 2.03 bits per heavy atom. The van der Waals surface area contributed by atoms with Crippen molar-refractivity contribution in [3.63, 3.8) is 0 Å². The second-order valence-electron chi connectivity index (χ2n) is 9.22. The van der Waals surface area contributed by atoms with Crippen LogP contribution in [0.25, 0.3) is 0 Å². The van der Waals surface area contributed by atoms with Crippen molar-refractivity contribution < 1.29 is 28.9 Å². The van der Waals surface area contributed by atoms with Gasteiger partial charge in [-0.3, -0.25) is 9.69 Å². The van der Waals surface area contributed by atoms with Gasteiger partial charge in [0, 0.05) is 37.7 Å². The van der Waals surface area contributed by atoms with E-state index in [-0.39, 0.29) is 36.2 Å². The normalized spacial score (nSPS) is 47.4. The molecule has 5 rings (SSSR count). The largest absolute Gasteiger partial charge is 0.478 e. The van der Waals surface area contributed by atoms with E-state index in [4.69, 9.17) is 10.5 Å². The fourth-order valence-electron chi connectivity index (χ4n) is 6.24. The number of carbonyl (C=O) groups is 2. The van der Waals surface area contributed by atoms with Crippen molar-refractivity contribution in [3.8, 4) is 0 Å². The summed E-state index contributed by atoms with van der Waals surface area (Å²) in [7, 11) is 0. The molecule has 29 heavy (non-hydrogen) atoms. The topological polar surface area (TPSA) is 116 Å². The number of aliphatic carboxylic acids is 1. The van der Waals surface area contributed by atoms with E-state index in [9.17, 15) is 19.8 Å². The smallest absolute Gasteiger partial charge is 0.340 e. The van der Waals surface area contributed by atoms with E-state index in [2.05, 4.69) is 0 Å². The lowest BCUT2D eigenvalue weighted by Crippen LogP contribution is -2.73. The highest BCUT2D eigenvalue weighted by Crippen LogP contribution is 2.47. The van der Waals surface area contributed by atoms with Gasteiger partial charge in [0.05, 0.1) is 36.4 Å². The highest BCUT2D eigenvalue weighted by Gasteiger charge is 2.60. The van der Waals surface area contributed by atoms with Gasteiger partial charge in [0.1, 0.15) is 11.7 Å². The molecular weight excluding hydrogens is 381 g/mol. The van der Waals surface area contributed by atoms with Crippen LogP contribution in [0, 0.1) is 5.92 Å². The van der Waals surface area contributed by atoms with Crippen molar-refractivity contribution in [2.75, 3.05) is 13.1 Å². The number of aliphatic hydroxyl groups is 1. The number of fused-ring (bicyclic) bond motifs is 2. The first-order chi connectivity index (χ1) is 13.8. The number of hydrogen-bond acceptors (Lipinski definition) is 7. The van der Waals surface area contributed by atoms with Crippen LogP contribution in [0.1, 0.15) is 32.1 Å². The maximum atomic E-state index is 15.4. The Bertz CT molecular complexity index is 748. The molecule has 0 aromatic heterocycles. The number of alkyl halides is 1. The summed E-state index contributed by atoms with van der Waals surface area (Å²) < 4.78 is 21.9. The maximum absolute atomic E-state index is 15.4. The molecule has 0 aromatic rings. The van der Waals surface area contributed by atoms with Crippen molar-refractivity contribution in [3.05, 3.63) is 11.8 Å². The van der Waals surface area contributed by atoms with Crippen molar-refractivity contribution in [1.82, 2.24) is 9.80 Å². The first kappa shape index (κ1) is 19.4. The first-order valence-corrected chi connectivity index (χ1v) is 10.6. The van der Waals surface area contributed by atoms with Crippen LogP contribution in [0.15, 0.2) is 11.8 Å². The van der Waals surface area contributed by atoms with Gasteiger partial charge in [0.25, 0.3) is 0 Å². The summed E-state index contributed by atoms with van der Waals surface area (Å²) in [4.78, 5) is 28.6. The minimum absolute atomic E-state index is 0.000889. The number of carbonyl (C=O) groups excluding carboxylic acids is 1. The second-order valence-corrected chi connectivity index (χ2v) is 9.22. The summed E-state index contributed by atoms with van der Waals surface area (Å²) in [6, 6.07) is -1.01. The van der Waals surface area contributed by atoms with Gasteiger partial charge >= 0.3 is 5.97 Å². The SMILES string of the molecule is N[C@H]1CCN(C2C(F)CC3C(=O)C(C(=O)O)=CN4C5CCC(O)CC5OC2C34)C1. The number of ether oxygens (including phenoxy) is 1. The summed E-state index contributed by atoms with van der Waals surface area (Å²) in [5.41, 5.74) is 5.79. The predicted molar refractivity (Wildman–Crippen MR) is 99.6 cm³/mol. The fraction of sp³-hybridized carbons (Fsp3) is 0.800. The van der Waals surface area contributed by atoms with Crippen LogP contribution < -0.4 is 5.73 Å². The minimum atomic E-state index is -1.30. The third-order valence-corrected chi connectivity index (χ3v) is 7.51. The molecule has 0 amide bonds. The predicted octanol–water partition coefficient (Wildman–Crippen LogP) is -0.351. The Kier molecular flexibility index (Phi) is 4.69. The lowest BCUT2D eigenvalue weighted by Gasteiger charge is -2.60. The van der Waals surface area contributed by atoms with Crippen LogP contribution >= 0.6 is 0 Å². The molecule has 4 N–H and O–H groups in total. The molecular formula is C20H28FN3O5. The molecule has 0 aromatic carbocycles. The fourth-order valence-corrected chi connectivity index (χ4v) is 6.24. The molecule has 9 heteroatoms.